The number of methoxy groups -OCH3 is 2. The van der Waals surface area contributed by atoms with Crippen molar-refractivity contribution in [3.63, 3.8) is 0 Å². The van der Waals surface area contributed by atoms with Crippen molar-refractivity contribution in [2.24, 2.45) is 5.92 Å². The molecule has 2 aliphatic heterocycles. The van der Waals surface area contributed by atoms with E-state index in [2.05, 4.69) is 20.7 Å². The summed E-state index contributed by atoms with van der Waals surface area (Å²) >= 11 is 0. The summed E-state index contributed by atoms with van der Waals surface area (Å²) in [7, 11) is 2.80. The lowest BCUT2D eigenvalue weighted by molar-refractivity contribution is -0.144. The van der Waals surface area contributed by atoms with E-state index in [9.17, 15) is 9.59 Å². The van der Waals surface area contributed by atoms with E-state index in [1.54, 1.807) is 12.1 Å². The predicted molar refractivity (Wildman–Crippen MR) is 96.9 cm³/mol. The summed E-state index contributed by atoms with van der Waals surface area (Å²) in [6, 6.07) is 7.22. The van der Waals surface area contributed by atoms with Gasteiger partial charge >= 0.3 is 11.9 Å². The number of carbonyl (C=O) groups is 2. The molecule has 2 N–H and O–H groups in total. The van der Waals surface area contributed by atoms with Crippen LogP contribution < -0.4 is 15.8 Å². The first-order valence-electron chi connectivity index (χ1n) is 8.84. The Morgan fingerprint density at radius 2 is 1.77 bits per heavy atom. The number of carbonyl (C=O) groups excluding carboxylic acids is 2. The Labute approximate surface area is 153 Å². The van der Waals surface area contributed by atoms with Crippen LogP contribution in [0.25, 0.3) is 0 Å². The number of benzene rings is 1. The largest absolute Gasteiger partial charge is 0.468 e. The van der Waals surface area contributed by atoms with E-state index in [1.165, 1.54) is 14.2 Å². The lowest BCUT2D eigenvalue weighted by Gasteiger charge is -2.37. The van der Waals surface area contributed by atoms with Crippen LogP contribution in [0, 0.1) is 5.92 Å². The zero-order valence-electron chi connectivity index (χ0n) is 15.2. The number of hydrogen-bond donors (Lipinski definition) is 2. The van der Waals surface area contributed by atoms with E-state index < -0.39 is 0 Å². The highest BCUT2D eigenvalue weighted by molar-refractivity contribution is 5.89. The van der Waals surface area contributed by atoms with E-state index in [-0.39, 0.29) is 23.9 Å². The molecule has 2 unspecified atom stereocenters. The van der Waals surface area contributed by atoms with E-state index in [0.717, 1.165) is 45.0 Å². The first kappa shape index (κ1) is 18.6. The molecule has 0 bridgehead atoms. The fraction of sp³-hybridized carbons (Fsp3) is 0.556. The normalized spacial score (nSPS) is 23.7. The highest BCUT2D eigenvalue weighted by Gasteiger charge is 2.35. The molecule has 0 saturated carbocycles. The molecule has 1 aromatic carbocycles. The molecule has 0 aromatic heterocycles. The van der Waals surface area contributed by atoms with Crippen LogP contribution in [0.2, 0.25) is 0 Å². The quantitative estimate of drug-likeness (QED) is 0.701. The van der Waals surface area contributed by atoms with Gasteiger partial charge < -0.3 is 14.4 Å². The molecule has 142 valence electrons. The van der Waals surface area contributed by atoms with Crippen LogP contribution >= 0.6 is 0 Å². The molecule has 2 fully saturated rings. The van der Waals surface area contributed by atoms with Gasteiger partial charge in [-0.05, 0) is 24.3 Å². The molecule has 8 nitrogen and oxygen atoms in total. The number of nitrogens with zero attached hydrogens (tertiary/aromatic N) is 2. The van der Waals surface area contributed by atoms with E-state index in [1.807, 2.05) is 12.1 Å². The van der Waals surface area contributed by atoms with Crippen molar-refractivity contribution in [1.82, 2.24) is 15.8 Å². The van der Waals surface area contributed by atoms with Crippen molar-refractivity contribution in [3.05, 3.63) is 29.8 Å². The molecule has 1 aromatic rings. The third kappa shape index (κ3) is 4.14. The smallest absolute Gasteiger partial charge is 0.337 e. The molecule has 0 aliphatic carbocycles. The number of piperazine rings is 1. The molecule has 8 heteroatoms. The summed E-state index contributed by atoms with van der Waals surface area (Å²) in [6.45, 7) is 5.30. The monoisotopic (exact) mass is 362 g/mol. The minimum atomic E-state index is -0.319. The molecule has 0 radical (unpaired) electrons. The average molecular weight is 362 g/mol. The lowest BCUT2D eigenvalue weighted by atomic mass is 10.0. The first-order valence-corrected chi connectivity index (χ1v) is 8.84. The van der Waals surface area contributed by atoms with E-state index >= 15 is 0 Å². The highest BCUT2D eigenvalue weighted by Crippen LogP contribution is 2.19. The maximum absolute atomic E-state index is 11.8. The van der Waals surface area contributed by atoms with Gasteiger partial charge in [-0.2, -0.15) is 0 Å². The Morgan fingerprint density at radius 3 is 2.38 bits per heavy atom. The van der Waals surface area contributed by atoms with E-state index in [4.69, 9.17) is 9.47 Å². The van der Waals surface area contributed by atoms with Crippen molar-refractivity contribution in [3.8, 4) is 0 Å². The van der Waals surface area contributed by atoms with Crippen molar-refractivity contribution in [1.29, 1.82) is 0 Å². The van der Waals surface area contributed by atoms with E-state index in [0.29, 0.717) is 5.56 Å². The van der Waals surface area contributed by atoms with Crippen LogP contribution in [0.4, 0.5) is 5.69 Å². The Morgan fingerprint density at radius 1 is 1.08 bits per heavy atom. The number of anilines is 1. The summed E-state index contributed by atoms with van der Waals surface area (Å²) in [6.07, 6.45) is 0. The van der Waals surface area contributed by atoms with Gasteiger partial charge in [-0.3, -0.25) is 15.1 Å². The third-order valence-corrected chi connectivity index (χ3v) is 5.07. The number of esters is 2. The molecule has 2 saturated heterocycles. The average Bonchev–Trinajstić information content (AvgIpc) is 3.15. The summed E-state index contributed by atoms with van der Waals surface area (Å²) in [5.41, 5.74) is 7.72. The van der Waals surface area contributed by atoms with Crippen molar-refractivity contribution >= 4 is 17.6 Å². The molecule has 26 heavy (non-hydrogen) atoms. The molecule has 2 aliphatic rings. The number of nitrogens with one attached hydrogen (secondary N) is 2. The van der Waals surface area contributed by atoms with Gasteiger partial charge in [0.05, 0.1) is 19.8 Å². The van der Waals surface area contributed by atoms with Crippen molar-refractivity contribution in [2.75, 3.05) is 58.4 Å². The van der Waals surface area contributed by atoms with Gasteiger partial charge in [-0.1, -0.05) is 0 Å². The second kappa shape index (κ2) is 8.48. The van der Waals surface area contributed by atoms with Gasteiger partial charge in [-0.15, -0.1) is 0 Å². The summed E-state index contributed by atoms with van der Waals surface area (Å²) < 4.78 is 9.59. The minimum absolute atomic E-state index is 0.202. The molecular formula is C18H26N4O4. The molecule has 2 atom stereocenters. The maximum atomic E-state index is 11.8. The second-order valence-corrected chi connectivity index (χ2v) is 6.61. The summed E-state index contributed by atoms with van der Waals surface area (Å²) in [5, 5.41) is 0. The Hall–Kier alpha value is -2.16. The molecule has 2 heterocycles. The Kier molecular flexibility index (Phi) is 6.08. The number of ether oxygens (including phenoxy) is 2. The van der Waals surface area contributed by atoms with Gasteiger partial charge in [0, 0.05) is 50.9 Å². The van der Waals surface area contributed by atoms with Gasteiger partial charge in [0.1, 0.15) is 6.04 Å². The zero-order valence-corrected chi connectivity index (χ0v) is 15.2. The van der Waals surface area contributed by atoms with Crippen LogP contribution in [0.3, 0.4) is 0 Å². The topological polar surface area (TPSA) is 83.1 Å². The minimum Gasteiger partial charge on any atom is -0.468 e. The van der Waals surface area contributed by atoms with Crippen molar-refractivity contribution in [2.45, 2.75) is 6.04 Å². The summed E-state index contributed by atoms with van der Waals surface area (Å²) in [5.74, 6) is -0.335. The van der Waals surface area contributed by atoms with Crippen LogP contribution in [0.5, 0.6) is 0 Å². The fourth-order valence-electron chi connectivity index (χ4n) is 3.53. The molecule has 3 rings (SSSR count). The van der Waals surface area contributed by atoms with Gasteiger partial charge in [0.2, 0.25) is 0 Å². The lowest BCUT2D eigenvalue weighted by Crippen LogP contribution is -2.50. The summed E-state index contributed by atoms with van der Waals surface area (Å²) in [4.78, 5) is 28.0. The maximum Gasteiger partial charge on any atom is 0.337 e. The zero-order chi connectivity index (χ0) is 18.5. The predicted octanol–water partition coefficient (Wildman–Crippen LogP) is -0.139. The highest BCUT2D eigenvalue weighted by atomic mass is 16.5. The Bertz CT molecular complexity index is 629. The van der Waals surface area contributed by atoms with Crippen LogP contribution in [-0.4, -0.2) is 76.4 Å². The van der Waals surface area contributed by atoms with Gasteiger partial charge in [0.15, 0.2) is 0 Å². The molecule has 0 spiro atoms. The van der Waals surface area contributed by atoms with Crippen LogP contribution in [0.15, 0.2) is 24.3 Å². The molecule has 0 amide bonds. The third-order valence-electron chi connectivity index (χ3n) is 5.07. The van der Waals surface area contributed by atoms with Crippen LogP contribution in [0.1, 0.15) is 10.4 Å². The number of hydrazine groups is 1. The first-order chi connectivity index (χ1) is 12.6. The van der Waals surface area contributed by atoms with Crippen molar-refractivity contribution < 1.29 is 19.1 Å². The fourth-order valence-corrected chi connectivity index (χ4v) is 3.53. The van der Waals surface area contributed by atoms with Crippen LogP contribution in [-0.2, 0) is 14.3 Å². The standard InChI is InChI=1S/C18H26N4O4/c1-25-17(23)13-3-5-15(6-4-13)22-9-7-21(8-10-22)12-14-11-19-20-16(14)18(24)26-2/h3-6,14,16,19-20H,7-12H2,1-2H3. The Balaban J connectivity index is 1.51. The SMILES string of the molecule is COC(=O)c1ccc(N2CCN(CC3CNNC3C(=O)OC)CC2)cc1. The molecular weight excluding hydrogens is 336 g/mol. The second-order valence-electron chi connectivity index (χ2n) is 6.61. The van der Waals surface area contributed by atoms with Gasteiger partial charge in [0.25, 0.3) is 0 Å². The van der Waals surface area contributed by atoms with Gasteiger partial charge in [-0.25, -0.2) is 10.2 Å². The number of hydrogen-bond acceptors (Lipinski definition) is 8. The number of rotatable bonds is 5.